The Bertz CT molecular complexity index is 1730. The van der Waals surface area contributed by atoms with Crippen molar-refractivity contribution in [3.63, 3.8) is 0 Å². The molecule has 1 N–H and O–H groups in total. The van der Waals surface area contributed by atoms with Crippen molar-refractivity contribution in [3.8, 4) is 29.1 Å². The Morgan fingerprint density at radius 1 is 0.804 bits per heavy atom. The van der Waals surface area contributed by atoms with Crippen LogP contribution in [0.2, 0.25) is 0 Å². The number of nitrogens with one attached hydrogen (secondary N) is 1. The van der Waals surface area contributed by atoms with E-state index in [1.807, 2.05) is 32.9 Å². The summed E-state index contributed by atoms with van der Waals surface area (Å²) < 4.78 is 150. The third-order valence-electron chi connectivity index (χ3n) is 5.39. The number of benzene rings is 2. The fraction of sp³-hybridized carbons (Fsp3) is 0.360. The van der Waals surface area contributed by atoms with Crippen LogP contribution in [0.3, 0.4) is 0 Å². The first kappa shape index (κ1) is 36.8. The maximum absolute atomic E-state index is 13.1. The van der Waals surface area contributed by atoms with E-state index in [1.165, 1.54) is 25.3 Å². The van der Waals surface area contributed by atoms with Gasteiger partial charge in [-0.05, 0) is 47.2 Å². The lowest BCUT2D eigenvalue weighted by atomic mass is 9.87. The molecule has 2 aromatic carbocycles. The van der Waals surface area contributed by atoms with E-state index in [4.69, 9.17) is 14.2 Å². The molecule has 0 unspecified atom stereocenters. The SMILES string of the molecule is COc1ccccc1Oc1c(NSc2ccc(C(C)(C)C)cc2)nc(OS(=O)(=O)C(F)(F)F)nc1OCCOS(=O)(=O)C(F)(F)F. The number of anilines is 1. The zero-order valence-electron chi connectivity index (χ0n) is 24.1. The molecule has 1 aromatic heterocycles. The Morgan fingerprint density at radius 2 is 1.39 bits per heavy atom. The van der Waals surface area contributed by atoms with Crippen LogP contribution in [0.1, 0.15) is 26.3 Å². The summed E-state index contributed by atoms with van der Waals surface area (Å²) in [5, 5.41) is 0. The number of methoxy groups -OCH3 is 1. The van der Waals surface area contributed by atoms with Crippen molar-refractivity contribution in [1.29, 1.82) is 0 Å². The number of para-hydroxylation sites is 2. The Morgan fingerprint density at radius 3 is 1.93 bits per heavy atom. The quantitative estimate of drug-likeness (QED) is 0.0705. The topological polar surface area (TPSA) is 152 Å². The highest BCUT2D eigenvalue weighted by atomic mass is 32.2. The van der Waals surface area contributed by atoms with Crippen LogP contribution in [0.4, 0.5) is 32.2 Å². The number of ether oxygens (including phenoxy) is 3. The van der Waals surface area contributed by atoms with Crippen molar-refractivity contribution in [2.45, 2.75) is 42.1 Å². The van der Waals surface area contributed by atoms with E-state index >= 15 is 0 Å². The summed E-state index contributed by atoms with van der Waals surface area (Å²) in [7, 11) is -11.1. The van der Waals surface area contributed by atoms with Crippen LogP contribution in [0.25, 0.3) is 0 Å². The molecule has 0 atom stereocenters. The summed E-state index contributed by atoms with van der Waals surface area (Å²) in [4.78, 5) is 7.71. The molecule has 0 aliphatic heterocycles. The standard InChI is InChI=1S/C25H25F6N3O9S3/c1-23(2,3)15-9-11-16(12-10-15)44-34-20-19(42-18-8-6-5-7-17(18)39-4)21(40-13-14-41-45(35,36)24(26,27)28)33-22(32-20)43-46(37,38)25(29,30)31/h5-12H,13-14H2,1-4H3,(H,32,33,34). The van der Waals surface area contributed by atoms with Gasteiger partial charge in [0.05, 0.1) is 7.11 Å². The number of hydrogen-bond donors (Lipinski definition) is 1. The van der Waals surface area contributed by atoms with Crippen LogP contribution in [0, 0.1) is 0 Å². The molecule has 21 heteroatoms. The Labute approximate surface area is 263 Å². The first-order valence-electron chi connectivity index (χ1n) is 12.5. The monoisotopic (exact) mass is 721 g/mol. The van der Waals surface area contributed by atoms with E-state index in [0.29, 0.717) is 4.90 Å². The zero-order valence-corrected chi connectivity index (χ0v) is 26.5. The van der Waals surface area contributed by atoms with Crippen molar-refractivity contribution in [1.82, 2.24) is 9.97 Å². The highest BCUT2D eigenvalue weighted by Gasteiger charge is 2.49. The van der Waals surface area contributed by atoms with Crippen molar-refractivity contribution in [3.05, 3.63) is 54.1 Å². The molecule has 0 spiro atoms. The van der Waals surface area contributed by atoms with E-state index in [-0.39, 0.29) is 16.9 Å². The zero-order chi connectivity index (χ0) is 34.6. The summed E-state index contributed by atoms with van der Waals surface area (Å²) in [5.41, 5.74) is -10.9. The number of halogens is 6. The predicted molar refractivity (Wildman–Crippen MR) is 152 cm³/mol. The second kappa shape index (κ2) is 14.0. The second-order valence-corrected chi connectivity index (χ2v) is 13.8. The molecule has 0 saturated heterocycles. The van der Waals surface area contributed by atoms with Crippen LogP contribution in [0.15, 0.2) is 53.4 Å². The predicted octanol–water partition coefficient (Wildman–Crippen LogP) is 6.17. The molecule has 0 fully saturated rings. The highest BCUT2D eigenvalue weighted by Crippen LogP contribution is 2.43. The minimum Gasteiger partial charge on any atom is -0.493 e. The third-order valence-corrected chi connectivity index (χ3v) is 8.18. The van der Waals surface area contributed by atoms with E-state index < -0.39 is 67.9 Å². The van der Waals surface area contributed by atoms with E-state index in [1.54, 1.807) is 18.2 Å². The molecule has 0 aliphatic carbocycles. The van der Waals surface area contributed by atoms with Crippen LogP contribution < -0.4 is 23.1 Å². The largest absolute Gasteiger partial charge is 0.534 e. The van der Waals surface area contributed by atoms with Crippen LogP contribution in [0.5, 0.6) is 29.1 Å². The molecule has 0 amide bonds. The van der Waals surface area contributed by atoms with E-state index in [2.05, 4.69) is 23.1 Å². The summed E-state index contributed by atoms with van der Waals surface area (Å²) in [6.07, 6.45) is 0. The fourth-order valence-corrected chi connectivity index (χ4v) is 4.56. The van der Waals surface area contributed by atoms with Gasteiger partial charge >= 0.3 is 37.3 Å². The van der Waals surface area contributed by atoms with Crippen LogP contribution in [-0.2, 0) is 29.8 Å². The average Bonchev–Trinajstić information content (AvgIpc) is 2.94. The number of aromatic nitrogens is 2. The van der Waals surface area contributed by atoms with Gasteiger partial charge in [0.25, 0.3) is 5.88 Å². The van der Waals surface area contributed by atoms with Gasteiger partial charge in [0.15, 0.2) is 17.3 Å². The van der Waals surface area contributed by atoms with Gasteiger partial charge in [-0.1, -0.05) is 45.0 Å². The smallest absolute Gasteiger partial charge is 0.493 e. The molecule has 0 bridgehead atoms. The molecule has 254 valence electrons. The lowest BCUT2D eigenvalue weighted by Gasteiger charge is -2.19. The Hall–Kier alpha value is -3.69. The average molecular weight is 722 g/mol. The Balaban J connectivity index is 2.08. The van der Waals surface area contributed by atoms with Crippen LogP contribution in [-0.4, -0.2) is 58.1 Å². The van der Waals surface area contributed by atoms with Gasteiger partial charge in [0, 0.05) is 4.90 Å². The molecule has 46 heavy (non-hydrogen) atoms. The van der Waals surface area contributed by atoms with Crippen molar-refractivity contribution >= 4 is 38.0 Å². The summed E-state index contributed by atoms with van der Waals surface area (Å²) in [6, 6.07) is 11.5. The van der Waals surface area contributed by atoms with E-state index in [9.17, 15) is 43.2 Å². The molecule has 1 heterocycles. The van der Waals surface area contributed by atoms with Gasteiger partial charge in [0.1, 0.15) is 13.2 Å². The van der Waals surface area contributed by atoms with Gasteiger partial charge in [-0.3, -0.25) is 4.18 Å². The number of rotatable bonds is 13. The minimum absolute atomic E-state index is 0.0477. The second-order valence-electron chi connectivity index (χ2n) is 9.77. The molecule has 12 nitrogen and oxygen atoms in total. The van der Waals surface area contributed by atoms with Crippen molar-refractivity contribution in [2.75, 3.05) is 25.0 Å². The van der Waals surface area contributed by atoms with Crippen molar-refractivity contribution in [2.24, 2.45) is 0 Å². The summed E-state index contributed by atoms with van der Waals surface area (Å²) >= 11 is 0.840. The first-order chi connectivity index (χ1) is 21.1. The van der Waals surface area contributed by atoms with Gasteiger partial charge < -0.3 is 23.1 Å². The fourth-order valence-electron chi connectivity index (χ4n) is 3.14. The van der Waals surface area contributed by atoms with Gasteiger partial charge in [0.2, 0.25) is 5.75 Å². The van der Waals surface area contributed by atoms with E-state index in [0.717, 1.165) is 17.5 Å². The molecule has 3 rings (SSSR count). The van der Waals surface area contributed by atoms with Crippen molar-refractivity contribution < 1.29 is 65.8 Å². The molecule has 3 aromatic rings. The lowest BCUT2D eigenvalue weighted by molar-refractivity contribution is -0.0548. The molecule has 0 aliphatic rings. The molecule has 0 saturated carbocycles. The van der Waals surface area contributed by atoms with Gasteiger partial charge in [-0.25, -0.2) is 0 Å². The highest BCUT2D eigenvalue weighted by molar-refractivity contribution is 8.00. The first-order valence-corrected chi connectivity index (χ1v) is 16.1. The number of hydrogen-bond acceptors (Lipinski definition) is 13. The normalized spacial score (nSPS) is 12.8. The molecular weight excluding hydrogens is 696 g/mol. The summed E-state index contributed by atoms with van der Waals surface area (Å²) in [6.45, 7) is 3.68. The molecule has 0 radical (unpaired) electrons. The molecular formula is C25H25F6N3O9S3. The maximum Gasteiger partial charge on any atom is 0.534 e. The minimum atomic E-state index is -6.32. The third kappa shape index (κ3) is 9.42. The maximum atomic E-state index is 13.1. The van der Waals surface area contributed by atoms with Crippen LogP contribution >= 0.6 is 11.9 Å². The van der Waals surface area contributed by atoms with Gasteiger partial charge in [-0.2, -0.15) is 53.1 Å². The number of nitrogens with zero attached hydrogens (tertiary/aromatic N) is 2. The summed E-state index contributed by atoms with van der Waals surface area (Å²) in [5.74, 6) is -1.89. The number of alkyl halides is 6. The lowest BCUT2D eigenvalue weighted by Crippen LogP contribution is -2.29. The Kier molecular flexibility index (Phi) is 11.2. The van der Waals surface area contributed by atoms with Gasteiger partial charge in [-0.15, -0.1) is 0 Å².